The van der Waals surface area contributed by atoms with Crippen LogP contribution in [0.5, 0.6) is 0 Å². The first-order valence-corrected chi connectivity index (χ1v) is 14.1. The average Bonchev–Trinajstić information content (AvgIpc) is 3.10. The summed E-state index contributed by atoms with van der Waals surface area (Å²) in [6.07, 6.45) is 7.03. The van der Waals surface area contributed by atoms with Crippen LogP contribution in [0.25, 0.3) is 0 Å². The Bertz CT molecular complexity index is 962. The molecule has 9 heteroatoms. The number of carbonyl (C=O) groups is 3. The van der Waals surface area contributed by atoms with Crippen molar-refractivity contribution in [2.24, 2.45) is 11.8 Å². The monoisotopic (exact) mass is 510 g/mol. The van der Waals surface area contributed by atoms with E-state index < -0.39 is 0 Å². The zero-order valence-electron chi connectivity index (χ0n) is 22.2. The number of para-hydroxylation sites is 1. The van der Waals surface area contributed by atoms with Gasteiger partial charge in [-0.2, -0.15) is 0 Å². The van der Waals surface area contributed by atoms with Gasteiger partial charge in [0, 0.05) is 44.5 Å². The maximum Gasteiger partial charge on any atom is 0.322 e. The average molecular weight is 511 g/mol. The van der Waals surface area contributed by atoms with Crippen molar-refractivity contribution in [3.8, 4) is 0 Å². The summed E-state index contributed by atoms with van der Waals surface area (Å²) in [5.41, 5.74) is 2.05. The minimum absolute atomic E-state index is 0.0193. The van der Waals surface area contributed by atoms with E-state index in [1.807, 2.05) is 28.0 Å². The predicted octanol–water partition coefficient (Wildman–Crippen LogP) is 2.83. The molecule has 4 heterocycles. The quantitative estimate of drug-likeness (QED) is 0.652. The Labute approximate surface area is 220 Å². The van der Waals surface area contributed by atoms with Gasteiger partial charge in [-0.3, -0.25) is 4.79 Å². The molecule has 202 valence electrons. The molecule has 0 atom stereocenters. The molecule has 2 N–H and O–H groups in total. The van der Waals surface area contributed by atoms with E-state index in [1.54, 1.807) is 4.90 Å². The van der Waals surface area contributed by atoms with E-state index in [2.05, 4.69) is 28.6 Å². The largest absolute Gasteiger partial charge is 0.341 e. The molecule has 5 amide bonds. The highest BCUT2D eigenvalue weighted by Crippen LogP contribution is 2.32. The number of amides is 5. The van der Waals surface area contributed by atoms with Gasteiger partial charge in [-0.25, -0.2) is 9.59 Å². The van der Waals surface area contributed by atoms with Gasteiger partial charge in [-0.05, 0) is 88.5 Å². The molecule has 9 nitrogen and oxygen atoms in total. The van der Waals surface area contributed by atoms with E-state index >= 15 is 0 Å². The first kappa shape index (κ1) is 25.8. The van der Waals surface area contributed by atoms with Crippen molar-refractivity contribution in [1.29, 1.82) is 0 Å². The predicted molar refractivity (Wildman–Crippen MR) is 143 cm³/mol. The van der Waals surface area contributed by atoms with Gasteiger partial charge in [-0.1, -0.05) is 18.2 Å². The number of hydrogen-bond donors (Lipinski definition) is 2. The lowest BCUT2D eigenvalue weighted by atomic mass is 9.79. The number of nitrogens with one attached hydrogen (secondary N) is 2. The van der Waals surface area contributed by atoms with E-state index in [4.69, 9.17) is 0 Å². The molecule has 0 saturated carbocycles. The van der Waals surface area contributed by atoms with E-state index in [9.17, 15) is 14.4 Å². The zero-order valence-corrected chi connectivity index (χ0v) is 22.2. The summed E-state index contributed by atoms with van der Waals surface area (Å²) in [6, 6.07) is 7.83. The summed E-state index contributed by atoms with van der Waals surface area (Å²) in [4.78, 5) is 46.4. The zero-order chi connectivity index (χ0) is 25.8. The van der Waals surface area contributed by atoms with Gasteiger partial charge in [0.25, 0.3) is 0 Å². The third-order valence-corrected chi connectivity index (χ3v) is 9.05. The van der Waals surface area contributed by atoms with Crippen LogP contribution in [0.2, 0.25) is 0 Å². The van der Waals surface area contributed by atoms with Crippen molar-refractivity contribution in [3.63, 3.8) is 0 Å². The number of benzene rings is 1. The maximum absolute atomic E-state index is 12.8. The lowest BCUT2D eigenvalue weighted by Crippen LogP contribution is -2.53. The highest BCUT2D eigenvalue weighted by molar-refractivity contribution is 5.91. The second-order valence-corrected chi connectivity index (χ2v) is 11.3. The number of urea groups is 2. The van der Waals surface area contributed by atoms with Crippen LogP contribution >= 0.6 is 0 Å². The second kappa shape index (κ2) is 11.7. The number of carbonyl (C=O) groups excluding carboxylic acids is 3. The highest BCUT2D eigenvalue weighted by Gasteiger charge is 2.33. The molecule has 3 saturated heterocycles. The number of anilines is 1. The van der Waals surface area contributed by atoms with Crippen molar-refractivity contribution in [3.05, 3.63) is 29.8 Å². The molecular weight excluding hydrogens is 468 g/mol. The number of likely N-dealkylation sites (tertiary alicyclic amines) is 3. The van der Waals surface area contributed by atoms with Crippen LogP contribution < -0.4 is 10.6 Å². The molecule has 0 aromatic heterocycles. The number of piperidine rings is 3. The Hall–Kier alpha value is -2.81. The molecule has 4 aliphatic heterocycles. The van der Waals surface area contributed by atoms with Crippen LogP contribution in [0.1, 0.15) is 44.1 Å². The lowest BCUT2D eigenvalue weighted by Gasteiger charge is -2.39. The third-order valence-electron chi connectivity index (χ3n) is 9.05. The van der Waals surface area contributed by atoms with E-state index in [0.717, 1.165) is 68.3 Å². The van der Waals surface area contributed by atoms with Crippen LogP contribution in [0, 0.1) is 11.8 Å². The smallest absolute Gasteiger partial charge is 0.322 e. The molecule has 4 aliphatic rings. The van der Waals surface area contributed by atoms with Crippen LogP contribution in [0.4, 0.5) is 15.3 Å². The van der Waals surface area contributed by atoms with Gasteiger partial charge in [0.15, 0.2) is 0 Å². The van der Waals surface area contributed by atoms with Crippen molar-refractivity contribution >= 4 is 23.7 Å². The Morgan fingerprint density at radius 2 is 1.49 bits per heavy atom. The van der Waals surface area contributed by atoms with Crippen molar-refractivity contribution in [2.45, 2.75) is 51.0 Å². The van der Waals surface area contributed by atoms with Crippen LogP contribution in [-0.4, -0.2) is 103 Å². The van der Waals surface area contributed by atoms with Crippen molar-refractivity contribution in [1.82, 2.24) is 24.9 Å². The van der Waals surface area contributed by atoms with Gasteiger partial charge in [0.1, 0.15) is 0 Å². The standard InChI is InChI=1S/C28H42N6O3/c1-31-13-6-21(7-14-31)22-8-15-32(16-9-22)26(35)20-29-27(36)33-17-11-24(12-18-33)34-19-10-23-4-2-3-5-25(23)30-28(34)37/h2-5,21-22,24H,6-20H2,1H3,(H,29,36)(H,30,37). The summed E-state index contributed by atoms with van der Waals surface area (Å²) in [6.45, 7) is 5.90. The normalized spacial score (nSPS) is 22.8. The molecule has 0 aliphatic carbocycles. The first-order chi connectivity index (χ1) is 18.0. The van der Waals surface area contributed by atoms with E-state index in [0.29, 0.717) is 19.6 Å². The molecule has 5 rings (SSSR count). The molecule has 37 heavy (non-hydrogen) atoms. The minimum Gasteiger partial charge on any atom is -0.341 e. The van der Waals surface area contributed by atoms with Crippen LogP contribution in [0.15, 0.2) is 24.3 Å². The molecule has 3 fully saturated rings. The maximum atomic E-state index is 12.8. The molecular formula is C28H42N6O3. The summed E-state index contributed by atoms with van der Waals surface area (Å²) < 4.78 is 0. The van der Waals surface area contributed by atoms with Gasteiger partial charge in [0.2, 0.25) is 5.91 Å². The SMILES string of the molecule is CN1CCC(C2CCN(C(=O)CNC(=O)N3CCC(N4CCc5ccccc5NC4=O)CC3)CC2)CC1. The Morgan fingerprint density at radius 3 is 2.19 bits per heavy atom. The number of hydrogen-bond acceptors (Lipinski definition) is 4. The number of fused-ring (bicyclic) bond motifs is 1. The lowest BCUT2D eigenvalue weighted by molar-refractivity contribution is -0.131. The molecule has 0 radical (unpaired) electrons. The fraction of sp³-hybridized carbons (Fsp3) is 0.679. The highest BCUT2D eigenvalue weighted by atomic mass is 16.2. The number of rotatable bonds is 4. The van der Waals surface area contributed by atoms with E-state index in [-0.39, 0.29) is 30.6 Å². The second-order valence-electron chi connectivity index (χ2n) is 11.3. The third kappa shape index (κ3) is 6.20. The minimum atomic E-state index is -0.180. The van der Waals surface area contributed by atoms with Gasteiger partial charge in [-0.15, -0.1) is 0 Å². The van der Waals surface area contributed by atoms with Crippen molar-refractivity contribution < 1.29 is 14.4 Å². The van der Waals surface area contributed by atoms with Gasteiger partial charge in [0.05, 0.1) is 6.54 Å². The fourth-order valence-corrected chi connectivity index (χ4v) is 6.61. The molecule has 1 aromatic rings. The Balaban J connectivity index is 1.02. The van der Waals surface area contributed by atoms with E-state index in [1.165, 1.54) is 25.9 Å². The first-order valence-electron chi connectivity index (χ1n) is 14.1. The molecule has 0 bridgehead atoms. The summed E-state index contributed by atoms with van der Waals surface area (Å²) in [5, 5.41) is 5.89. The summed E-state index contributed by atoms with van der Waals surface area (Å²) >= 11 is 0. The summed E-state index contributed by atoms with van der Waals surface area (Å²) in [5.74, 6) is 1.55. The van der Waals surface area contributed by atoms with Crippen LogP contribution in [-0.2, 0) is 11.2 Å². The van der Waals surface area contributed by atoms with Gasteiger partial charge < -0.3 is 30.2 Å². The Kier molecular flexibility index (Phi) is 8.17. The fourth-order valence-electron chi connectivity index (χ4n) is 6.61. The topological polar surface area (TPSA) is 88.2 Å². The van der Waals surface area contributed by atoms with Gasteiger partial charge >= 0.3 is 12.1 Å². The number of nitrogens with zero attached hydrogens (tertiary/aromatic N) is 4. The summed E-state index contributed by atoms with van der Waals surface area (Å²) in [7, 11) is 2.20. The molecule has 0 spiro atoms. The Morgan fingerprint density at radius 1 is 0.865 bits per heavy atom. The molecule has 1 aromatic carbocycles. The van der Waals surface area contributed by atoms with Crippen molar-refractivity contribution in [2.75, 3.05) is 64.7 Å². The molecule has 0 unspecified atom stereocenters. The van der Waals surface area contributed by atoms with Crippen LogP contribution in [0.3, 0.4) is 0 Å².